The summed E-state index contributed by atoms with van der Waals surface area (Å²) in [5.41, 5.74) is 0.832. The predicted octanol–water partition coefficient (Wildman–Crippen LogP) is 4.79. The van der Waals surface area contributed by atoms with Gasteiger partial charge in [0.15, 0.2) is 28.6 Å². The molecule has 0 atom stereocenters. The van der Waals surface area contributed by atoms with Gasteiger partial charge in [-0.05, 0) is 23.8 Å². The smallest absolute Gasteiger partial charge is 0.239 e. The molecule has 0 bridgehead atoms. The highest BCUT2D eigenvalue weighted by Gasteiger charge is 2.29. The van der Waals surface area contributed by atoms with Crippen molar-refractivity contribution in [1.29, 1.82) is 0 Å². The van der Waals surface area contributed by atoms with Crippen LogP contribution in [0.5, 0.6) is 40.2 Å². The van der Waals surface area contributed by atoms with E-state index in [1.807, 2.05) is 30.3 Å². The Bertz CT molecular complexity index is 1440. The number of phenols is 1. The van der Waals surface area contributed by atoms with E-state index in [9.17, 15) is 9.90 Å². The molecule has 4 aromatic rings. The van der Waals surface area contributed by atoms with Crippen molar-refractivity contribution in [2.45, 2.75) is 6.61 Å². The summed E-state index contributed by atoms with van der Waals surface area (Å²) < 4.78 is 39.1. The second-order valence-electron chi connectivity index (χ2n) is 7.59. The molecule has 3 aromatic carbocycles. The molecule has 4 rings (SSSR count). The largest absolute Gasteiger partial charge is 0.504 e. The molecule has 0 aliphatic rings. The van der Waals surface area contributed by atoms with E-state index in [1.54, 1.807) is 18.2 Å². The Morgan fingerprint density at radius 1 is 0.750 bits per heavy atom. The van der Waals surface area contributed by atoms with Crippen molar-refractivity contribution in [2.24, 2.45) is 0 Å². The van der Waals surface area contributed by atoms with Crippen LogP contribution in [0.25, 0.3) is 22.3 Å². The van der Waals surface area contributed by atoms with Crippen LogP contribution in [0.15, 0.2) is 57.7 Å². The monoisotopic (exact) mass is 494 g/mol. The Labute approximate surface area is 207 Å². The second kappa shape index (κ2) is 10.4. The van der Waals surface area contributed by atoms with Crippen molar-refractivity contribution in [3.05, 3.63) is 64.3 Å². The van der Waals surface area contributed by atoms with Gasteiger partial charge in [-0.3, -0.25) is 4.79 Å². The Kier molecular flexibility index (Phi) is 7.10. The molecule has 9 heteroatoms. The molecular formula is C27H26O9. The van der Waals surface area contributed by atoms with Gasteiger partial charge in [-0.2, -0.15) is 0 Å². The fourth-order valence-electron chi connectivity index (χ4n) is 3.92. The molecule has 0 aliphatic carbocycles. The number of hydrogen-bond acceptors (Lipinski definition) is 9. The molecule has 0 aliphatic heterocycles. The van der Waals surface area contributed by atoms with E-state index in [2.05, 4.69) is 0 Å². The zero-order chi connectivity index (χ0) is 25.8. The number of ether oxygens (including phenoxy) is 6. The first-order chi connectivity index (χ1) is 17.5. The number of fused-ring (bicyclic) bond motifs is 1. The van der Waals surface area contributed by atoms with Crippen LogP contribution in [-0.2, 0) is 6.61 Å². The third-order valence-corrected chi connectivity index (χ3v) is 5.62. The summed E-state index contributed by atoms with van der Waals surface area (Å²) in [6, 6.07) is 14.8. The van der Waals surface area contributed by atoms with Crippen molar-refractivity contribution in [1.82, 2.24) is 0 Å². The van der Waals surface area contributed by atoms with E-state index in [0.717, 1.165) is 5.56 Å². The number of methoxy groups -OCH3 is 5. The van der Waals surface area contributed by atoms with Gasteiger partial charge in [-0.15, -0.1) is 0 Å². The normalized spacial score (nSPS) is 10.7. The Morgan fingerprint density at radius 3 is 2.03 bits per heavy atom. The molecular weight excluding hydrogens is 468 g/mol. The molecule has 1 heterocycles. The molecule has 0 unspecified atom stereocenters. The van der Waals surface area contributed by atoms with Gasteiger partial charge >= 0.3 is 0 Å². The molecule has 36 heavy (non-hydrogen) atoms. The van der Waals surface area contributed by atoms with Gasteiger partial charge in [-0.1, -0.05) is 30.3 Å². The Balaban J connectivity index is 1.88. The highest BCUT2D eigenvalue weighted by molar-refractivity contribution is 5.96. The molecule has 0 spiro atoms. The molecule has 0 amide bonds. The minimum Gasteiger partial charge on any atom is -0.504 e. The van der Waals surface area contributed by atoms with Crippen LogP contribution in [0, 0.1) is 0 Å². The summed E-state index contributed by atoms with van der Waals surface area (Å²) in [5, 5.41) is 10.6. The van der Waals surface area contributed by atoms with Gasteiger partial charge in [0.2, 0.25) is 28.4 Å². The van der Waals surface area contributed by atoms with E-state index in [0.29, 0.717) is 23.7 Å². The maximum atomic E-state index is 13.4. The van der Waals surface area contributed by atoms with Crippen LogP contribution < -0.4 is 33.8 Å². The summed E-state index contributed by atoms with van der Waals surface area (Å²) >= 11 is 0. The Hall–Kier alpha value is -4.53. The molecule has 1 aromatic heterocycles. The fourth-order valence-corrected chi connectivity index (χ4v) is 3.92. The summed E-state index contributed by atoms with van der Waals surface area (Å²) in [4.78, 5) is 13.4. The quantitative estimate of drug-likeness (QED) is 0.352. The summed E-state index contributed by atoms with van der Waals surface area (Å²) in [5.74, 6) is 0.560. The minimum atomic E-state index is -0.617. The van der Waals surface area contributed by atoms with E-state index in [1.165, 1.54) is 35.5 Å². The summed E-state index contributed by atoms with van der Waals surface area (Å²) in [6.45, 7) is 0.350. The highest BCUT2D eigenvalue weighted by atomic mass is 16.5. The lowest BCUT2D eigenvalue weighted by Gasteiger charge is -2.17. The van der Waals surface area contributed by atoms with Gasteiger partial charge in [-0.25, -0.2) is 0 Å². The van der Waals surface area contributed by atoms with Crippen LogP contribution in [0.2, 0.25) is 0 Å². The van der Waals surface area contributed by atoms with Gasteiger partial charge in [0.1, 0.15) is 12.0 Å². The highest BCUT2D eigenvalue weighted by Crippen LogP contribution is 2.51. The zero-order valence-corrected chi connectivity index (χ0v) is 20.5. The predicted molar refractivity (Wildman–Crippen MR) is 133 cm³/mol. The molecule has 1 N–H and O–H groups in total. The van der Waals surface area contributed by atoms with Crippen LogP contribution in [0.1, 0.15) is 5.56 Å². The van der Waals surface area contributed by atoms with Crippen molar-refractivity contribution < 1.29 is 37.9 Å². The van der Waals surface area contributed by atoms with Crippen molar-refractivity contribution in [3.8, 4) is 51.6 Å². The summed E-state index contributed by atoms with van der Waals surface area (Å²) in [6.07, 6.45) is 0. The third-order valence-electron chi connectivity index (χ3n) is 5.62. The lowest BCUT2D eigenvalue weighted by molar-refractivity contribution is 0.284. The van der Waals surface area contributed by atoms with Crippen molar-refractivity contribution in [3.63, 3.8) is 0 Å². The molecule has 0 saturated carbocycles. The number of benzene rings is 3. The third kappa shape index (κ3) is 4.19. The first-order valence-electron chi connectivity index (χ1n) is 10.9. The lowest BCUT2D eigenvalue weighted by Crippen LogP contribution is -2.10. The zero-order valence-electron chi connectivity index (χ0n) is 20.5. The fraction of sp³-hybridized carbons (Fsp3) is 0.222. The minimum absolute atomic E-state index is 0.0307. The second-order valence-corrected chi connectivity index (χ2v) is 7.59. The van der Waals surface area contributed by atoms with Crippen LogP contribution >= 0.6 is 0 Å². The lowest BCUT2D eigenvalue weighted by atomic mass is 10.1. The molecule has 188 valence electrons. The Morgan fingerprint density at radius 2 is 1.42 bits per heavy atom. The van der Waals surface area contributed by atoms with Crippen LogP contribution in [0.3, 0.4) is 0 Å². The number of rotatable bonds is 9. The topological polar surface area (TPSA) is 106 Å². The van der Waals surface area contributed by atoms with Gasteiger partial charge in [0.05, 0.1) is 35.5 Å². The average Bonchev–Trinajstić information content (AvgIpc) is 2.91. The van der Waals surface area contributed by atoms with Gasteiger partial charge in [0, 0.05) is 5.56 Å². The molecule has 0 radical (unpaired) electrons. The average molecular weight is 494 g/mol. The number of hydrogen-bond donors (Lipinski definition) is 1. The molecule has 9 nitrogen and oxygen atoms in total. The van der Waals surface area contributed by atoms with E-state index < -0.39 is 11.2 Å². The molecule has 0 fully saturated rings. The van der Waals surface area contributed by atoms with Crippen LogP contribution in [-0.4, -0.2) is 40.7 Å². The van der Waals surface area contributed by atoms with E-state index >= 15 is 0 Å². The first-order valence-corrected chi connectivity index (χ1v) is 10.9. The first kappa shape index (κ1) is 24.6. The standard InChI is InChI=1S/C27H26O9/c1-30-18-13-16(11-12-17(18)35-14-15-9-7-6-8-10-15)22-24(31-2)20(28)19-21(29)25(32-3)27(34-5)26(33-4)23(19)36-22/h6-13,29H,14H2,1-5H3. The van der Waals surface area contributed by atoms with E-state index in [4.69, 9.17) is 32.8 Å². The van der Waals surface area contributed by atoms with Gasteiger partial charge < -0.3 is 37.9 Å². The number of aromatic hydroxyl groups is 1. The van der Waals surface area contributed by atoms with Crippen molar-refractivity contribution in [2.75, 3.05) is 35.5 Å². The summed E-state index contributed by atoms with van der Waals surface area (Å²) in [7, 11) is 6.96. The molecule has 0 saturated heterocycles. The van der Waals surface area contributed by atoms with E-state index in [-0.39, 0.29) is 39.7 Å². The maximum Gasteiger partial charge on any atom is 0.239 e. The number of phenolic OH excluding ortho intramolecular Hbond substituents is 1. The maximum absolute atomic E-state index is 13.4. The van der Waals surface area contributed by atoms with Gasteiger partial charge in [0.25, 0.3) is 0 Å². The SMILES string of the molecule is COc1cc(-c2oc3c(OC)c(OC)c(OC)c(O)c3c(=O)c2OC)ccc1OCc1ccccc1. The van der Waals surface area contributed by atoms with Crippen molar-refractivity contribution >= 4 is 11.0 Å². The van der Waals surface area contributed by atoms with Crippen LogP contribution in [0.4, 0.5) is 0 Å².